The van der Waals surface area contributed by atoms with Gasteiger partial charge in [0, 0.05) is 23.7 Å². The van der Waals surface area contributed by atoms with Crippen LogP contribution < -0.4 is 10.6 Å². The van der Waals surface area contributed by atoms with Gasteiger partial charge in [0.15, 0.2) is 5.65 Å². The van der Waals surface area contributed by atoms with Gasteiger partial charge in [-0.05, 0) is 37.5 Å². The Hall–Kier alpha value is -4.08. The second-order valence-corrected chi connectivity index (χ2v) is 7.29. The molecule has 0 saturated heterocycles. The highest BCUT2D eigenvalue weighted by Gasteiger charge is 2.14. The molecule has 0 spiro atoms. The zero-order valence-electron chi connectivity index (χ0n) is 17.0. The maximum absolute atomic E-state index is 14.2. The van der Waals surface area contributed by atoms with Crippen molar-refractivity contribution in [3.8, 4) is 0 Å². The number of halogens is 1. The van der Waals surface area contributed by atoms with Crippen LogP contribution in [0.5, 0.6) is 0 Å². The molecule has 0 aliphatic rings. The molecule has 0 atom stereocenters. The molecule has 5 aromatic rings. The van der Waals surface area contributed by atoms with Crippen molar-refractivity contribution >= 4 is 39.4 Å². The SMILES string of the molecule is Cc1[nH]c2c(F)ccc(C)c2c1CCNc1cc(Nc2ncnc3[nH]ncc23)ncn1. The van der Waals surface area contributed by atoms with Gasteiger partial charge < -0.3 is 15.6 Å². The highest BCUT2D eigenvalue weighted by Crippen LogP contribution is 2.28. The summed E-state index contributed by atoms with van der Waals surface area (Å²) in [5.74, 6) is 1.65. The molecular formula is C21H20FN9. The first kappa shape index (κ1) is 18.9. The molecule has 0 unspecified atom stereocenters. The molecule has 9 nitrogen and oxygen atoms in total. The van der Waals surface area contributed by atoms with E-state index < -0.39 is 0 Å². The fourth-order valence-electron chi connectivity index (χ4n) is 3.78. The first-order chi connectivity index (χ1) is 15.1. The number of hydrogen-bond donors (Lipinski definition) is 4. The monoisotopic (exact) mass is 417 g/mol. The number of hydrogen-bond acceptors (Lipinski definition) is 7. The van der Waals surface area contributed by atoms with Crippen LogP contribution in [-0.4, -0.2) is 41.7 Å². The molecule has 4 N–H and O–H groups in total. The summed E-state index contributed by atoms with van der Waals surface area (Å²) in [6.45, 7) is 4.61. The molecule has 1 aromatic carbocycles. The van der Waals surface area contributed by atoms with Gasteiger partial charge in [-0.15, -0.1) is 0 Å². The molecule has 10 heteroatoms. The number of H-pyrrole nitrogens is 2. The van der Waals surface area contributed by atoms with Crippen LogP contribution in [0.25, 0.3) is 21.9 Å². The second-order valence-electron chi connectivity index (χ2n) is 7.29. The summed E-state index contributed by atoms with van der Waals surface area (Å²) in [6, 6.07) is 5.12. The average Bonchev–Trinajstić information content (AvgIpc) is 3.37. The number of rotatable bonds is 6. The summed E-state index contributed by atoms with van der Waals surface area (Å²) in [5, 5.41) is 15.0. The summed E-state index contributed by atoms with van der Waals surface area (Å²) in [4.78, 5) is 20.1. The first-order valence-electron chi connectivity index (χ1n) is 9.83. The van der Waals surface area contributed by atoms with E-state index in [0.29, 0.717) is 35.2 Å². The van der Waals surface area contributed by atoms with Crippen LogP contribution in [0.1, 0.15) is 16.8 Å². The predicted molar refractivity (Wildman–Crippen MR) is 117 cm³/mol. The van der Waals surface area contributed by atoms with E-state index in [9.17, 15) is 4.39 Å². The topological polar surface area (TPSA) is 120 Å². The van der Waals surface area contributed by atoms with Crippen molar-refractivity contribution in [3.63, 3.8) is 0 Å². The van der Waals surface area contributed by atoms with Crippen molar-refractivity contribution in [1.82, 2.24) is 35.1 Å². The van der Waals surface area contributed by atoms with Crippen LogP contribution >= 0.6 is 0 Å². The van der Waals surface area contributed by atoms with Gasteiger partial charge in [-0.1, -0.05) is 6.07 Å². The van der Waals surface area contributed by atoms with Crippen molar-refractivity contribution in [2.45, 2.75) is 20.3 Å². The molecular weight excluding hydrogens is 397 g/mol. The van der Waals surface area contributed by atoms with Crippen LogP contribution in [0, 0.1) is 19.7 Å². The third-order valence-corrected chi connectivity index (χ3v) is 5.27. The number of anilines is 3. The standard InChI is InChI=1S/C21H20FN9/c1-11-3-4-15(22)19-18(11)13(12(2)29-19)5-6-23-16-7-17(25-9-24-16)30-20-14-8-28-31-21(14)27-10-26-20/h3-4,7-10,29H,5-6H2,1-2H3,(H3,23,24,25,26,27,28,30,31). The molecule has 4 aromatic heterocycles. The van der Waals surface area contributed by atoms with Crippen LogP contribution in [0.15, 0.2) is 37.1 Å². The minimum absolute atomic E-state index is 0.231. The summed E-state index contributed by atoms with van der Waals surface area (Å²) < 4.78 is 14.2. The van der Waals surface area contributed by atoms with E-state index in [0.717, 1.165) is 34.0 Å². The third kappa shape index (κ3) is 3.52. The molecule has 0 aliphatic heterocycles. The highest BCUT2D eigenvalue weighted by molar-refractivity contribution is 5.88. The predicted octanol–water partition coefficient (Wildman–Crippen LogP) is 3.78. The maximum Gasteiger partial charge on any atom is 0.160 e. The van der Waals surface area contributed by atoms with Crippen molar-refractivity contribution in [2.24, 2.45) is 0 Å². The van der Waals surface area contributed by atoms with E-state index in [1.54, 1.807) is 12.3 Å². The van der Waals surface area contributed by atoms with Gasteiger partial charge in [0.25, 0.3) is 0 Å². The normalized spacial score (nSPS) is 11.3. The summed E-state index contributed by atoms with van der Waals surface area (Å²) in [5.41, 5.74) is 4.35. The fourth-order valence-corrected chi connectivity index (χ4v) is 3.78. The van der Waals surface area contributed by atoms with Gasteiger partial charge in [-0.3, -0.25) is 5.10 Å². The Morgan fingerprint density at radius 3 is 2.77 bits per heavy atom. The van der Waals surface area contributed by atoms with Gasteiger partial charge in [0.1, 0.15) is 35.9 Å². The third-order valence-electron chi connectivity index (χ3n) is 5.27. The minimum Gasteiger partial charge on any atom is -0.370 e. The van der Waals surface area contributed by atoms with Crippen molar-refractivity contribution < 1.29 is 4.39 Å². The lowest BCUT2D eigenvalue weighted by Crippen LogP contribution is -2.08. The van der Waals surface area contributed by atoms with Crippen LogP contribution in [-0.2, 0) is 6.42 Å². The number of aryl methyl sites for hydroxylation is 2. The lowest BCUT2D eigenvalue weighted by molar-refractivity contribution is 0.637. The van der Waals surface area contributed by atoms with Crippen molar-refractivity contribution in [2.75, 3.05) is 17.2 Å². The molecule has 31 heavy (non-hydrogen) atoms. The minimum atomic E-state index is -0.231. The molecule has 0 saturated carbocycles. The quantitative estimate of drug-likeness (QED) is 0.332. The van der Waals surface area contributed by atoms with Gasteiger partial charge in [-0.2, -0.15) is 5.10 Å². The molecule has 0 fully saturated rings. The Labute approximate surface area is 176 Å². The molecule has 0 radical (unpaired) electrons. The van der Waals surface area contributed by atoms with Crippen LogP contribution in [0.3, 0.4) is 0 Å². The Morgan fingerprint density at radius 1 is 1.03 bits per heavy atom. The molecule has 5 rings (SSSR count). The van der Waals surface area contributed by atoms with E-state index in [1.807, 2.05) is 19.9 Å². The summed E-state index contributed by atoms with van der Waals surface area (Å²) in [6.07, 6.45) is 5.32. The van der Waals surface area contributed by atoms with Crippen LogP contribution in [0.2, 0.25) is 0 Å². The first-order valence-corrected chi connectivity index (χ1v) is 9.83. The fraction of sp³-hybridized carbons (Fsp3) is 0.190. The van der Waals surface area contributed by atoms with Gasteiger partial charge >= 0.3 is 0 Å². The number of aromatic amines is 2. The number of nitrogens with zero attached hydrogens (tertiary/aromatic N) is 5. The highest BCUT2D eigenvalue weighted by atomic mass is 19.1. The largest absolute Gasteiger partial charge is 0.370 e. The van der Waals surface area contributed by atoms with E-state index in [1.165, 1.54) is 18.7 Å². The van der Waals surface area contributed by atoms with Crippen molar-refractivity contribution in [1.29, 1.82) is 0 Å². The molecule has 4 heterocycles. The Morgan fingerprint density at radius 2 is 1.87 bits per heavy atom. The zero-order chi connectivity index (χ0) is 21.4. The Balaban J connectivity index is 1.31. The van der Waals surface area contributed by atoms with Crippen molar-refractivity contribution in [3.05, 3.63) is 59.7 Å². The lowest BCUT2D eigenvalue weighted by Gasteiger charge is -2.09. The average molecular weight is 417 g/mol. The summed E-state index contributed by atoms with van der Waals surface area (Å²) >= 11 is 0. The van der Waals surface area contributed by atoms with Gasteiger partial charge in [0.05, 0.1) is 17.1 Å². The molecule has 0 bridgehead atoms. The molecule has 0 aliphatic carbocycles. The Kier molecular flexibility index (Phi) is 4.66. The molecule has 156 valence electrons. The number of nitrogens with one attached hydrogen (secondary N) is 4. The van der Waals surface area contributed by atoms with Gasteiger partial charge in [0.2, 0.25) is 0 Å². The summed E-state index contributed by atoms with van der Waals surface area (Å²) in [7, 11) is 0. The zero-order valence-corrected chi connectivity index (χ0v) is 17.0. The Bertz CT molecular complexity index is 1390. The molecule has 0 amide bonds. The van der Waals surface area contributed by atoms with E-state index in [2.05, 4.69) is 45.8 Å². The van der Waals surface area contributed by atoms with E-state index in [-0.39, 0.29) is 5.82 Å². The lowest BCUT2D eigenvalue weighted by atomic mass is 10.0. The van der Waals surface area contributed by atoms with E-state index in [4.69, 9.17) is 0 Å². The number of benzene rings is 1. The maximum atomic E-state index is 14.2. The number of aromatic nitrogens is 7. The smallest absolute Gasteiger partial charge is 0.160 e. The van der Waals surface area contributed by atoms with E-state index >= 15 is 0 Å². The second kappa shape index (κ2) is 7.63. The number of fused-ring (bicyclic) bond motifs is 2. The van der Waals surface area contributed by atoms with Gasteiger partial charge in [-0.25, -0.2) is 24.3 Å². The van der Waals surface area contributed by atoms with Crippen LogP contribution in [0.4, 0.5) is 21.8 Å².